The largest absolute Gasteiger partial charge is 0.395 e. The molecule has 0 radical (unpaired) electrons. The average molecular weight is 441 g/mol. The first-order valence-corrected chi connectivity index (χ1v) is 10.7. The molecule has 2 aromatic heterocycles. The molecule has 0 aromatic carbocycles. The SMILES string of the molecule is O=C(NCCCCN1CCCC1CO)c1ccc(Cn2cc(Br)cn2)s1. The van der Waals surface area contributed by atoms with Gasteiger partial charge in [-0.1, -0.05) is 0 Å². The van der Waals surface area contributed by atoms with E-state index in [1.165, 1.54) is 17.8 Å². The molecule has 1 aliphatic rings. The first kappa shape index (κ1) is 19.5. The minimum atomic E-state index is -0.00250. The van der Waals surface area contributed by atoms with Crippen LogP contribution in [0.5, 0.6) is 0 Å². The van der Waals surface area contributed by atoms with E-state index in [-0.39, 0.29) is 12.5 Å². The number of rotatable bonds is 9. The molecule has 2 aromatic rings. The Labute approximate surface area is 166 Å². The summed E-state index contributed by atoms with van der Waals surface area (Å²) in [5.41, 5.74) is 0. The van der Waals surface area contributed by atoms with Crippen molar-refractivity contribution < 1.29 is 9.90 Å². The standard InChI is InChI=1S/C18H25BrN4O2S/c19-14-10-21-23(11-14)12-16-5-6-17(26-16)18(25)20-7-1-2-8-22-9-3-4-15(22)13-24/h5-6,10-11,15,24H,1-4,7-9,12-13H2,(H,20,25). The van der Waals surface area contributed by atoms with Gasteiger partial charge in [-0.25, -0.2) is 0 Å². The smallest absolute Gasteiger partial charge is 0.261 e. The number of nitrogens with zero attached hydrogens (tertiary/aromatic N) is 3. The zero-order valence-corrected chi connectivity index (χ0v) is 17.1. The second-order valence-electron chi connectivity index (χ2n) is 6.60. The molecule has 26 heavy (non-hydrogen) atoms. The third-order valence-electron chi connectivity index (χ3n) is 4.67. The molecule has 1 fully saturated rings. The van der Waals surface area contributed by atoms with Crippen molar-refractivity contribution in [1.29, 1.82) is 0 Å². The molecule has 0 saturated carbocycles. The number of unbranched alkanes of at least 4 members (excludes halogenated alkanes) is 1. The quantitative estimate of drug-likeness (QED) is 0.588. The number of aromatic nitrogens is 2. The van der Waals surface area contributed by atoms with E-state index in [1.807, 2.05) is 23.0 Å². The Morgan fingerprint density at radius 2 is 2.31 bits per heavy atom. The van der Waals surface area contributed by atoms with Crippen LogP contribution in [0.3, 0.4) is 0 Å². The first-order chi connectivity index (χ1) is 12.7. The van der Waals surface area contributed by atoms with E-state index in [0.29, 0.717) is 19.1 Å². The lowest BCUT2D eigenvalue weighted by Crippen LogP contribution is -2.33. The maximum atomic E-state index is 12.3. The zero-order valence-electron chi connectivity index (χ0n) is 14.7. The summed E-state index contributed by atoms with van der Waals surface area (Å²) in [5, 5.41) is 16.6. The van der Waals surface area contributed by atoms with E-state index >= 15 is 0 Å². The Morgan fingerprint density at radius 3 is 3.08 bits per heavy atom. The van der Waals surface area contributed by atoms with Gasteiger partial charge in [0.25, 0.3) is 5.91 Å². The number of aliphatic hydroxyl groups is 1. The maximum Gasteiger partial charge on any atom is 0.261 e. The molecule has 1 amide bonds. The summed E-state index contributed by atoms with van der Waals surface area (Å²) in [5.74, 6) is -0.00250. The number of hydrogen-bond donors (Lipinski definition) is 2. The number of carbonyl (C=O) groups is 1. The third-order valence-corrected chi connectivity index (χ3v) is 6.15. The number of likely N-dealkylation sites (tertiary alicyclic amines) is 1. The van der Waals surface area contributed by atoms with Gasteiger partial charge in [-0.2, -0.15) is 5.10 Å². The summed E-state index contributed by atoms with van der Waals surface area (Å²) >= 11 is 4.89. The predicted octanol–water partition coefficient (Wildman–Crippen LogP) is 2.72. The number of amides is 1. The molecule has 1 atom stereocenters. The highest BCUT2D eigenvalue weighted by molar-refractivity contribution is 9.10. The molecule has 0 aliphatic carbocycles. The lowest BCUT2D eigenvalue weighted by molar-refractivity contribution is 0.0956. The molecule has 1 saturated heterocycles. The summed E-state index contributed by atoms with van der Waals surface area (Å²) in [6, 6.07) is 4.20. The van der Waals surface area contributed by atoms with Crippen LogP contribution < -0.4 is 5.32 Å². The summed E-state index contributed by atoms with van der Waals surface area (Å²) in [6.07, 6.45) is 7.95. The number of thiophene rings is 1. The van der Waals surface area contributed by atoms with Crippen LogP contribution in [0.15, 0.2) is 29.0 Å². The predicted molar refractivity (Wildman–Crippen MR) is 107 cm³/mol. The van der Waals surface area contributed by atoms with Gasteiger partial charge in [0.05, 0.1) is 28.7 Å². The number of hydrogen-bond acceptors (Lipinski definition) is 5. The molecule has 6 nitrogen and oxygen atoms in total. The lowest BCUT2D eigenvalue weighted by Gasteiger charge is -2.22. The molecule has 1 aliphatic heterocycles. The molecular formula is C18H25BrN4O2S. The Hall–Kier alpha value is -1.22. The van der Waals surface area contributed by atoms with Gasteiger partial charge in [-0.3, -0.25) is 14.4 Å². The van der Waals surface area contributed by atoms with E-state index < -0.39 is 0 Å². The molecule has 142 valence electrons. The third kappa shape index (κ3) is 5.39. The van der Waals surface area contributed by atoms with Crippen LogP contribution in [0, 0.1) is 0 Å². The highest BCUT2D eigenvalue weighted by Crippen LogP contribution is 2.19. The molecule has 3 rings (SSSR count). The van der Waals surface area contributed by atoms with Gasteiger partial charge in [0.15, 0.2) is 0 Å². The highest BCUT2D eigenvalue weighted by Gasteiger charge is 2.22. The fourth-order valence-electron chi connectivity index (χ4n) is 3.29. The van der Waals surface area contributed by atoms with Crippen molar-refractivity contribution in [3.63, 3.8) is 0 Å². The zero-order chi connectivity index (χ0) is 18.4. The lowest BCUT2D eigenvalue weighted by atomic mass is 10.2. The van der Waals surface area contributed by atoms with Gasteiger partial charge in [0, 0.05) is 23.7 Å². The second-order valence-corrected chi connectivity index (χ2v) is 8.68. The monoisotopic (exact) mass is 440 g/mol. The van der Waals surface area contributed by atoms with Crippen molar-refractivity contribution in [1.82, 2.24) is 20.0 Å². The van der Waals surface area contributed by atoms with Crippen LogP contribution in [0.4, 0.5) is 0 Å². The fourth-order valence-corrected chi connectivity index (χ4v) is 4.54. The summed E-state index contributed by atoms with van der Waals surface area (Å²) in [4.78, 5) is 16.5. The van der Waals surface area contributed by atoms with Crippen molar-refractivity contribution in [3.8, 4) is 0 Å². The van der Waals surface area contributed by atoms with Crippen molar-refractivity contribution in [3.05, 3.63) is 38.8 Å². The van der Waals surface area contributed by atoms with Gasteiger partial charge in [0.2, 0.25) is 0 Å². The van der Waals surface area contributed by atoms with E-state index in [2.05, 4.69) is 31.2 Å². The summed E-state index contributed by atoms with van der Waals surface area (Å²) < 4.78 is 2.79. The van der Waals surface area contributed by atoms with E-state index in [4.69, 9.17) is 0 Å². The van der Waals surface area contributed by atoms with Crippen molar-refractivity contribution in [2.75, 3.05) is 26.2 Å². The number of nitrogens with one attached hydrogen (secondary N) is 1. The second kappa shape index (κ2) is 9.64. The molecule has 2 N–H and O–H groups in total. The number of carbonyl (C=O) groups excluding carboxylic acids is 1. The Morgan fingerprint density at radius 1 is 1.42 bits per heavy atom. The van der Waals surface area contributed by atoms with Gasteiger partial charge < -0.3 is 10.4 Å². The van der Waals surface area contributed by atoms with Gasteiger partial charge in [-0.15, -0.1) is 11.3 Å². The minimum Gasteiger partial charge on any atom is -0.395 e. The number of halogens is 1. The highest BCUT2D eigenvalue weighted by atomic mass is 79.9. The van der Waals surface area contributed by atoms with Crippen LogP contribution >= 0.6 is 27.3 Å². The van der Waals surface area contributed by atoms with Crippen molar-refractivity contribution in [2.45, 2.75) is 38.3 Å². The Balaban J connectivity index is 1.36. The van der Waals surface area contributed by atoms with Crippen LogP contribution in [0.25, 0.3) is 0 Å². The molecule has 8 heteroatoms. The van der Waals surface area contributed by atoms with Gasteiger partial charge >= 0.3 is 0 Å². The summed E-state index contributed by atoms with van der Waals surface area (Å²) in [6.45, 7) is 3.71. The topological polar surface area (TPSA) is 70.4 Å². The number of aliphatic hydroxyl groups excluding tert-OH is 1. The molecule has 1 unspecified atom stereocenters. The fraction of sp³-hybridized carbons (Fsp3) is 0.556. The first-order valence-electron chi connectivity index (χ1n) is 9.05. The molecule has 3 heterocycles. The van der Waals surface area contributed by atoms with Crippen molar-refractivity contribution in [2.24, 2.45) is 0 Å². The maximum absolute atomic E-state index is 12.3. The van der Waals surface area contributed by atoms with E-state index in [1.54, 1.807) is 6.20 Å². The van der Waals surface area contributed by atoms with E-state index in [0.717, 1.165) is 46.6 Å². The van der Waals surface area contributed by atoms with Crippen LogP contribution in [0.2, 0.25) is 0 Å². The Bertz CT molecular complexity index is 718. The van der Waals surface area contributed by atoms with Gasteiger partial charge in [-0.05, 0) is 66.8 Å². The molecule has 0 bridgehead atoms. The van der Waals surface area contributed by atoms with Gasteiger partial charge in [0.1, 0.15) is 0 Å². The average Bonchev–Trinajstić information content (AvgIpc) is 3.36. The molecule has 0 spiro atoms. The van der Waals surface area contributed by atoms with Crippen LogP contribution in [-0.2, 0) is 6.54 Å². The minimum absolute atomic E-state index is 0.00250. The van der Waals surface area contributed by atoms with Crippen LogP contribution in [0.1, 0.15) is 40.2 Å². The van der Waals surface area contributed by atoms with Crippen molar-refractivity contribution >= 4 is 33.2 Å². The molecular weight excluding hydrogens is 416 g/mol. The van der Waals surface area contributed by atoms with E-state index in [9.17, 15) is 9.90 Å². The van der Waals surface area contributed by atoms with Crippen LogP contribution in [-0.4, -0.2) is 58.0 Å². The Kier molecular flexibility index (Phi) is 7.24. The summed E-state index contributed by atoms with van der Waals surface area (Å²) in [7, 11) is 0. The normalized spacial score (nSPS) is 17.7.